The molecule has 3 N–H and O–H groups in total. The van der Waals surface area contributed by atoms with Gasteiger partial charge in [0.05, 0.1) is 0 Å². The Kier molecular flexibility index (Phi) is 4.64. The third-order valence-electron chi connectivity index (χ3n) is 4.16. The third kappa shape index (κ3) is 3.80. The molecule has 0 amide bonds. The van der Waals surface area contributed by atoms with E-state index in [0.29, 0.717) is 0 Å². The van der Waals surface area contributed by atoms with Crippen LogP contribution in [0.2, 0.25) is 0 Å². The summed E-state index contributed by atoms with van der Waals surface area (Å²) in [6.07, 6.45) is 5.22. The molecular formula is C17H28N2. The Morgan fingerprint density at radius 2 is 1.89 bits per heavy atom. The molecule has 1 aliphatic carbocycles. The van der Waals surface area contributed by atoms with E-state index in [9.17, 15) is 0 Å². The van der Waals surface area contributed by atoms with Crippen LogP contribution in [0.15, 0.2) is 18.2 Å². The maximum atomic E-state index is 5.79. The van der Waals surface area contributed by atoms with Crippen molar-refractivity contribution in [1.82, 2.24) is 5.32 Å². The van der Waals surface area contributed by atoms with Crippen molar-refractivity contribution in [2.75, 3.05) is 13.1 Å². The van der Waals surface area contributed by atoms with Crippen molar-refractivity contribution in [2.24, 2.45) is 5.73 Å². The minimum atomic E-state index is 0.168. The lowest BCUT2D eigenvalue weighted by molar-refractivity contribution is 0.457. The Labute approximate surface area is 117 Å². The molecule has 1 aromatic rings. The highest BCUT2D eigenvalue weighted by Gasteiger charge is 2.22. The molecule has 1 unspecified atom stereocenters. The smallest absolute Gasteiger partial charge is 0.0136 e. The van der Waals surface area contributed by atoms with Crippen molar-refractivity contribution in [1.29, 1.82) is 0 Å². The summed E-state index contributed by atoms with van der Waals surface area (Å²) in [4.78, 5) is 0. The molecule has 0 aromatic heterocycles. The highest BCUT2D eigenvalue weighted by molar-refractivity contribution is 5.37. The molecule has 106 valence electrons. The first kappa shape index (κ1) is 14.5. The Morgan fingerprint density at radius 1 is 1.21 bits per heavy atom. The summed E-state index contributed by atoms with van der Waals surface area (Å²) < 4.78 is 0. The van der Waals surface area contributed by atoms with Crippen LogP contribution in [0.5, 0.6) is 0 Å². The Hall–Kier alpha value is -0.860. The Balaban J connectivity index is 2.07. The topological polar surface area (TPSA) is 38.0 Å². The second-order valence-electron chi connectivity index (χ2n) is 6.68. The predicted molar refractivity (Wildman–Crippen MR) is 82.6 cm³/mol. The number of benzene rings is 1. The molecule has 2 rings (SSSR count). The highest BCUT2D eigenvalue weighted by Crippen LogP contribution is 2.28. The van der Waals surface area contributed by atoms with Crippen molar-refractivity contribution < 1.29 is 0 Å². The minimum absolute atomic E-state index is 0.168. The quantitative estimate of drug-likeness (QED) is 0.854. The number of nitrogens with one attached hydrogen (secondary N) is 1. The lowest BCUT2D eigenvalue weighted by Crippen LogP contribution is -2.39. The van der Waals surface area contributed by atoms with Gasteiger partial charge in [0.2, 0.25) is 0 Å². The van der Waals surface area contributed by atoms with E-state index in [1.54, 1.807) is 11.1 Å². The fraction of sp³-hybridized carbons (Fsp3) is 0.647. The summed E-state index contributed by atoms with van der Waals surface area (Å²) >= 11 is 0. The van der Waals surface area contributed by atoms with E-state index < -0.39 is 0 Å². The molecule has 0 heterocycles. The van der Waals surface area contributed by atoms with E-state index in [1.807, 2.05) is 6.92 Å². The van der Waals surface area contributed by atoms with E-state index in [1.165, 1.54) is 31.2 Å². The van der Waals surface area contributed by atoms with Crippen LogP contribution in [-0.4, -0.2) is 19.1 Å². The zero-order valence-corrected chi connectivity index (χ0v) is 12.6. The fourth-order valence-corrected chi connectivity index (χ4v) is 2.87. The summed E-state index contributed by atoms with van der Waals surface area (Å²) in [6, 6.07) is 7.32. The van der Waals surface area contributed by atoms with Crippen molar-refractivity contribution in [3.8, 4) is 0 Å². The van der Waals surface area contributed by atoms with Crippen LogP contribution in [0.3, 0.4) is 0 Å². The largest absolute Gasteiger partial charge is 0.327 e. The molecule has 2 heteroatoms. The summed E-state index contributed by atoms with van der Waals surface area (Å²) in [5, 5.41) is 3.48. The van der Waals surface area contributed by atoms with Crippen LogP contribution in [0.4, 0.5) is 0 Å². The number of rotatable bonds is 5. The van der Waals surface area contributed by atoms with Gasteiger partial charge in [-0.3, -0.25) is 0 Å². The van der Waals surface area contributed by atoms with Gasteiger partial charge in [0, 0.05) is 24.5 Å². The maximum Gasteiger partial charge on any atom is 0.0136 e. The van der Waals surface area contributed by atoms with Crippen LogP contribution < -0.4 is 11.1 Å². The van der Waals surface area contributed by atoms with E-state index >= 15 is 0 Å². The monoisotopic (exact) mass is 260 g/mol. The van der Waals surface area contributed by atoms with Gasteiger partial charge in [-0.05, 0) is 49.3 Å². The molecule has 0 saturated carbocycles. The van der Waals surface area contributed by atoms with Crippen molar-refractivity contribution in [3.05, 3.63) is 34.9 Å². The standard InChI is InChI=1S/C17H28N2/c1-13(18)11-19-12-17(2,3)16-9-8-14-6-4-5-7-15(14)10-16/h8-10,13,19H,4-7,11-12,18H2,1-3H3. The lowest BCUT2D eigenvalue weighted by Gasteiger charge is -2.28. The molecule has 1 atom stereocenters. The van der Waals surface area contributed by atoms with Crippen molar-refractivity contribution in [2.45, 2.75) is 57.9 Å². The van der Waals surface area contributed by atoms with Gasteiger partial charge in [0.15, 0.2) is 0 Å². The molecule has 1 aromatic carbocycles. The normalized spacial score (nSPS) is 17.1. The van der Waals surface area contributed by atoms with Gasteiger partial charge in [0.1, 0.15) is 0 Å². The second kappa shape index (κ2) is 6.06. The van der Waals surface area contributed by atoms with E-state index in [-0.39, 0.29) is 11.5 Å². The van der Waals surface area contributed by atoms with Crippen molar-refractivity contribution >= 4 is 0 Å². The van der Waals surface area contributed by atoms with E-state index in [0.717, 1.165) is 13.1 Å². The highest BCUT2D eigenvalue weighted by atomic mass is 14.9. The molecule has 0 bridgehead atoms. The maximum absolute atomic E-state index is 5.79. The molecule has 0 saturated heterocycles. The van der Waals surface area contributed by atoms with Crippen molar-refractivity contribution in [3.63, 3.8) is 0 Å². The molecule has 0 aliphatic heterocycles. The number of fused-ring (bicyclic) bond motifs is 1. The molecule has 0 radical (unpaired) electrons. The first-order chi connectivity index (χ1) is 8.99. The third-order valence-corrected chi connectivity index (χ3v) is 4.16. The molecule has 19 heavy (non-hydrogen) atoms. The number of aryl methyl sites for hydroxylation is 2. The molecule has 1 aliphatic rings. The molecule has 2 nitrogen and oxygen atoms in total. The predicted octanol–water partition coefficient (Wildman–Crippen LogP) is 2.78. The van der Waals surface area contributed by atoms with E-state index in [2.05, 4.69) is 37.4 Å². The first-order valence-electron chi connectivity index (χ1n) is 7.57. The summed E-state index contributed by atoms with van der Waals surface area (Å²) in [5.74, 6) is 0. The molecule has 0 spiro atoms. The SMILES string of the molecule is CC(N)CNCC(C)(C)c1ccc2c(c1)CCCC2. The van der Waals surface area contributed by atoms with Crippen LogP contribution in [0.1, 0.15) is 50.3 Å². The average Bonchev–Trinajstić information content (AvgIpc) is 2.37. The van der Waals surface area contributed by atoms with Crippen LogP contribution >= 0.6 is 0 Å². The van der Waals surface area contributed by atoms with Gasteiger partial charge in [-0.2, -0.15) is 0 Å². The lowest BCUT2D eigenvalue weighted by atomic mass is 9.80. The summed E-state index contributed by atoms with van der Waals surface area (Å²) in [6.45, 7) is 8.53. The molecular weight excluding hydrogens is 232 g/mol. The summed E-state index contributed by atoms with van der Waals surface area (Å²) in [7, 11) is 0. The Bertz CT molecular complexity index is 421. The first-order valence-corrected chi connectivity index (χ1v) is 7.57. The van der Waals surface area contributed by atoms with Gasteiger partial charge in [-0.1, -0.05) is 32.0 Å². The van der Waals surface area contributed by atoms with Gasteiger partial charge in [0.25, 0.3) is 0 Å². The van der Waals surface area contributed by atoms with E-state index in [4.69, 9.17) is 5.73 Å². The number of hydrogen-bond acceptors (Lipinski definition) is 2. The van der Waals surface area contributed by atoms with Crippen LogP contribution in [0.25, 0.3) is 0 Å². The van der Waals surface area contributed by atoms with Gasteiger partial charge in [-0.25, -0.2) is 0 Å². The van der Waals surface area contributed by atoms with Gasteiger partial charge >= 0.3 is 0 Å². The van der Waals surface area contributed by atoms with Crippen LogP contribution in [0, 0.1) is 0 Å². The average molecular weight is 260 g/mol. The van der Waals surface area contributed by atoms with Crippen LogP contribution in [-0.2, 0) is 18.3 Å². The zero-order chi connectivity index (χ0) is 13.9. The second-order valence-corrected chi connectivity index (χ2v) is 6.68. The van der Waals surface area contributed by atoms with Gasteiger partial charge < -0.3 is 11.1 Å². The minimum Gasteiger partial charge on any atom is -0.327 e. The summed E-state index contributed by atoms with van der Waals surface area (Å²) in [5.41, 5.74) is 10.5. The Morgan fingerprint density at radius 3 is 2.58 bits per heavy atom. The zero-order valence-electron chi connectivity index (χ0n) is 12.6. The molecule has 0 fully saturated rings. The number of nitrogens with two attached hydrogens (primary N) is 1. The van der Waals surface area contributed by atoms with Gasteiger partial charge in [-0.15, -0.1) is 0 Å². The fourth-order valence-electron chi connectivity index (χ4n) is 2.87. The number of hydrogen-bond donors (Lipinski definition) is 2.